The Bertz CT molecular complexity index is 633. The summed E-state index contributed by atoms with van der Waals surface area (Å²) >= 11 is 1.51. The fourth-order valence-corrected chi connectivity index (χ4v) is 3.41. The van der Waals surface area contributed by atoms with Crippen LogP contribution in [0.3, 0.4) is 0 Å². The van der Waals surface area contributed by atoms with Crippen molar-refractivity contribution < 1.29 is 9.53 Å². The summed E-state index contributed by atoms with van der Waals surface area (Å²) in [5.74, 6) is 0.372. The Hall–Kier alpha value is -1.72. The van der Waals surface area contributed by atoms with E-state index in [0.29, 0.717) is 24.1 Å². The van der Waals surface area contributed by atoms with Crippen LogP contribution in [0.5, 0.6) is 0 Å². The van der Waals surface area contributed by atoms with Crippen LogP contribution >= 0.6 is 11.3 Å². The van der Waals surface area contributed by atoms with Crippen LogP contribution in [0, 0.1) is 12.8 Å². The molecule has 0 radical (unpaired) electrons. The quantitative estimate of drug-likeness (QED) is 0.940. The maximum absolute atomic E-state index is 12.0. The third kappa shape index (κ3) is 3.49. The molecule has 0 unspecified atom stereocenters. The number of benzene rings is 1. The largest absolute Gasteiger partial charge is 0.381 e. The standard InChI is InChI=1S/C16H18N2O2S/c1-11-4-2-3-5-13(11)14-9-17-16(21-14)18-15(19)8-12-6-7-20-10-12/h2-5,9,12H,6-8,10H2,1H3,(H,17,18,19)/t12-/m1/s1. The van der Waals surface area contributed by atoms with E-state index in [0.717, 1.165) is 17.9 Å². The van der Waals surface area contributed by atoms with Gasteiger partial charge in [0.05, 0.1) is 4.88 Å². The van der Waals surface area contributed by atoms with Crippen molar-refractivity contribution in [2.45, 2.75) is 19.8 Å². The number of thiazole rings is 1. The average molecular weight is 302 g/mol. The molecular weight excluding hydrogens is 284 g/mol. The Morgan fingerprint density at radius 2 is 2.33 bits per heavy atom. The molecule has 1 atom stereocenters. The number of aromatic nitrogens is 1. The van der Waals surface area contributed by atoms with Crippen molar-refractivity contribution in [2.24, 2.45) is 5.92 Å². The van der Waals surface area contributed by atoms with Crippen molar-refractivity contribution in [3.05, 3.63) is 36.0 Å². The molecule has 1 aromatic carbocycles. The summed E-state index contributed by atoms with van der Waals surface area (Å²) in [6.45, 7) is 3.54. The van der Waals surface area contributed by atoms with Crippen LogP contribution in [0.1, 0.15) is 18.4 Å². The number of nitrogens with zero attached hydrogens (tertiary/aromatic N) is 1. The second-order valence-corrected chi connectivity index (χ2v) is 6.36. The van der Waals surface area contributed by atoms with E-state index in [1.807, 2.05) is 18.3 Å². The number of carbonyl (C=O) groups is 1. The van der Waals surface area contributed by atoms with Crippen LogP contribution in [0.25, 0.3) is 10.4 Å². The normalized spacial score (nSPS) is 17.9. The molecule has 4 nitrogen and oxygen atoms in total. The van der Waals surface area contributed by atoms with Gasteiger partial charge in [0, 0.05) is 25.8 Å². The van der Waals surface area contributed by atoms with Gasteiger partial charge in [0.2, 0.25) is 5.91 Å². The van der Waals surface area contributed by atoms with Crippen molar-refractivity contribution in [3.63, 3.8) is 0 Å². The van der Waals surface area contributed by atoms with Gasteiger partial charge in [-0.05, 0) is 30.4 Å². The van der Waals surface area contributed by atoms with Crippen LogP contribution in [0.15, 0.2) is 30.5 Å². The molecule has 0 saturated carbocycles. The van der Waals surface area contributed by atoms with E-state index in [1.165, 1.54) is 22.5 Å². The summed E-state index contributed by atoms with van der Waals surface area (Å²) in [7, 11) is 0. The summed E-state index contributed by atoms with van der Waals surface area (Å²) in [6, 6.07) is 8.18. The number of nitrogens with one attached hydrogen (secondary N) is 1. The van der Waals surface area contributed by atoms with Crippen molar-refractivity contribution >= 4 is 22.4 Å². The maximum atomic E-state index is 12.0. The Balaban J connectivity index is 1.65. The molecule has 0 aliphatic carbocycles. The Morgan fingerprint density at radius 1 is 1.48 bits per heavy atom. The van der Waals surface area contributed by atoms with E-state index in [4.69, 9.17) is 4.74 Å². The molecule has 5 heteroatoms. The number of rotatable bonds is 4. The highest BCUT2D eigenvalue weighted by molar-refractivity contribution is 7.19. The first-order chi connectivity index (χ1) is 10.2. The molecule has 2 heterocycles. The van der Waals surface area contributed by atoms with Crippen molar-refractivity contribution in [1.29, 1.82) is 0 Å². The predicted molar refractivity (Wildman–Crippen MR) is 84.5 cm³/mol. The SMILES string of the molecule is Cc1ccccc1-c1cnc(NC(=O)C[C@H]2CCOC2)s1. The summed E-state index contributed by atoms with van der Waals surface area (Å²) in [5, 5.41) is 3.56. The van der Waals surface area contributed by atoms with Crippen molar-refractivity contribution in [2.75, 3.05) is 18.5 Å². The zero-order valence-electron chi connectivity index (χ0n) is 12.0. The Kier molecular flexibility index (Phi) is 4.31. The highest BCUT2D eigenvalue weighted by Crippen LogP contribution is 2.31. The highest BCUT2D eigenvalue weighted by atomic mass is 32.1. The average Bonchev–Trinajstić information content (AvgIpc) is 3.11. The second-order valence-electron chi connectivity index (χ2n) is 5.33. The number of hydrogen-bond donors (Lipinski definition) is 1. The molecule has 0 bridgehead atoms. The lowest BCUT2D eigenvalue weighted by atomic mass is 10.1. The van der Waals surface area contributed by atoms with Gasteiger partial charge < -0.3 is 10.1 Å². The number of aryl methyl sites for hydroxylation is 1. The Labute approximate surface area is 128 Å². The van der Waals surface area contributed by atoms with E-state index >= 15 is 0 Å². The molecule has 2 aromatic rings. The first-order valence-corrected chi connectivity index (χ1v) is 7.93. The smallest absolute Gasteiger partial charge is 0.226 e. The molecule has 1 amide bonds. The minimum Gasteiger partial charge on any atom is -0.381 e. The minimum atomic E-state index is 0.0242. The van der Waals surface area contributed by atoms with Crippen LogP contribution < -0.4 is 5.32 Å². The first kappa shape index (κ1) is 14.2. The third-order valence-corrected chi connectivity index (χ3v) is 4.61. The van der Waals surface area contributed by atoms with Crippen molar-refractivity contribution in [3.8, 4) is 10.4 Å². The molecule has 110 valence electrons. The molecule has 3 rings (SSSR count). The van der Waals surface area contributed by atoms with Gasteiger partial charge in [0.1, 0.15) is 0 Å². The monoisotopic (exact) mass is 302 g/mol. The number of hydrogen-bond acceptors (Lipinski definition) is 4. The number of ether oxygens (including phenoxy) is 1. The van der Waals surface area contributed by atoms with Gasteiger partial charge in [-0.25, -0.2) is 4.98 Å². The van der Waals surface area contributed by atoms with Gasteiger partial charge >= 0.3 is 0 Å². The predicted octanol–water partition coefficient (Wildman–Crippen LogP) is 3.48. The molecule has 1 aliphatic rings. The first-order valence-electron chi connectivity index (χ1n) is 7.12. The topological polar surface area (TPSA) is 51.2 Å². The molecule has 1 saturated heterocycles. The van der Waals surface area contributed by atoms with Crippen LogP contribution in [0.2, 0.25) is 0 Å². The summed E-state index contributed by atoms with van der Waals surface area (Å²) < 4.78 is 5.29. The van der Waals surface area contributed by atoms with E-state index in [-0.39, 0.29) is 5.91 Å². The van der Waals surface area contributed by atoms with Gasteiger partial charge in [-0.1, -0.05) is 35.6 Å². The zero-order chi connectivity index (χ0) is 14.7. The van der Waals surface area contributed by atoms with E-state index in [1.54, 1.807) is 0 Å². The lowest BCUT2D eigenvalue weighted by molar-refractivity contribution is -0.117. The molecule has 0 spiro atoms. The Morgan fingerprint density at radius 3 is 3.10 bits per heavy atom. The molecule has 1 aromatic heterocycles. The lowest BCUT2D eigenvalue weighted by Gasteiger charge is -2.06. The van der Waals surface area contributed by atoms with E-state index < -0.39 is 0 Å². The van der Waals surface area contributed by atoms with Crippen molar-refractivity contribution in [1.82, 2.24) is 4.98 Å². The summed E-state index contributed by atoms with van der Waals surface area (Å²) in [5.41, 5.74) is 2.38. The van der Waals surface area contributed by atoms with Gasteiger partial charge in [0.25, 0.3) is 0 Å². The van der Waals surface area contributed by atoms with Gasteiger partial charge in [-0.3, -0.25) is 4.79 Å². The van der Waals surface area contributed by atoms with Crippen LogP contribution in [0.4, 0.5) is 5.13 Å². The maximum Gasteiger partial charge on any atom is 0.226 e. The van der Waals surface area contributed by atoms with E-state index in [2.05, 4.69) is 29.4 Å². The summed E-state index contributed by atoms with van der Waals surface area (Å²) in [6.07, 6.45) is 3.31. The zero-order valence-corrected chi connectivity index (χ0v) is 12.8. The van der Waals surface area contributed by atoms with Gasteiger partial charge in [0.15, 0.2) is 5.13 Å². The molecule has 1 aliphatic heterocycles. The molecule has 21 heavy (non-hydrogen) atoms. The molecule has 1 fully saturated rings. The number of carbonyl (C=O) groups excluding carboxylic acids is 1. The number of anilines is 1. The fourth-order valence-electron chi connectivity index (χ4n) is 2.48. The van der Waals surface area contributed by atoms with Crippen LogP contribution in [-0.4, -0.2) is 24.1 Å². The van der Waals surface area contributed by atoms with Gasteiger partial charge in [-0.2, -0.15) is 0 Å². The molecular formula is C16H18N2O2S. The molecule has 1 N–H and O–H groups in total. The summed E-state index contributed by atoms with van der Waals surface area (Å²) in [4.78, 5) is 17.4. The fraction of sp³-hybridized carbons (Fsp3) is 0.375. The van der Waals surface area contributed by atoms with E-state index in [9.17, 15) is 4.79 Å². The number of amides is 1. The minimum absolute atomic E-state index is 0.0242. The van der Waals surface area contributed by atoms with Gasteiger partial charge in [-0.15, -0.1) is 0 Å². The van der Waals surface area contributed by atoms with Crippen LogP contribution in [-0.2, 0) is 9.53 Å². The lowest BCUT2D eigenvalue weighted by Crippen LogP contribution is -2.16. The highest BCUT2D eigenvalue weighted by Gasteiger charge is 2.19. The second kappa shape index (κ2) is 6.37. The third-order valence-electron chi connectivity index (χ3n) is 3.66.